The largest absolute Gasteiger partial charge is 0.479 e. The Morgan fingerprint density at radius 1 is 1.23 bits per heavy atom. The van der Waals surface area contributed by atoms with Crippen LogP contribution in [0.25, 0.3) is 10.1 Å². The predicted molar refractivity (Wildman–Crippen MR) is 169 cm³/mol. The summed E-state index contributed by atoms with van der Waals surface area (Å²) in [5.74, 6) is -3.57. The fourth-order valence-corrected chi connectivity index (χ4v) is 7.19. The first-order chi connectivity index (χ1) is 20.7. The molecule has 12 heteroatoms. The number of aliphatic imine (C=N–C) groups is 1. The zero-order valence-corrected chi connectivity index (χ0v) is 26.5. The standard InChI is InChI=1S/C32H37ClN4O6S/c1-5-19-14-32(19,30(42)43)36-27(39)21-12-18(15-34-28(40)25-24(33)20-8-6-7-9-22(20)44-25)16-37(21)29(41)26(31(2,3)4)35-23(38)13-17-10-11-17/h5-9,15,17-19,21,26H,1,10-14,16H2,2-4H3,(H,35,38)(H,36,39)(H,42,43)/t18?,19?,21-,26?,32?/m0/s1. The van der Waals surface area contributed by atoms with Crippen LogP contribution in [0.5, 0.6) is 0 Å². The number of carbonyl (C=O) groups excluding carboxylic acids is 4. The first-order valence-electron chi connectivity index (χ1n) is 14.8. The van der Waals surface area contributed by atoms with Crippen molar-refractivity contribution in [1.29, 1.82) is 0 Å². The number of benzene rings is 1. The van der Waals surface area contributed by atoms with Gasteiger partial charge >= 0.3 is 5.97 Å². The molecule has 44 heavy (non-hydrogen) atoms. The van der Waals surface area contributed by atoms with Crippen molar-refractivity contribution in [3.63, 3.8) is 0 Å². The normalized spacial score (nSPS) is 25.5. The van der Waals surface area contributed by atoms with Crippen LogP contribution in [0.2, 0.25) is 5.02 Å². The number of amides is 4. The molecule has 2 saturated carbocycles. The van der Waals surface area contributed by atoms with Crippen molar-refractivity contribution >= 4 is 68.8 Å². The van der Waals surface area contributed by atoms with E-state index < -0.39 is 58.6 Å². The van der Waals surface area contributed by atoms with Crippen molar-refractivity contribution in [2.75, 3.05) is 6.54 Å². The minimum atomic E-state index is -1.48. The molecule has 5 rings (SSSR count). The number of fused-ring (bicyclic) bond motifs is 1. The molecule has 2 heterocycles. The highest BCUT2D eigenvalue weighted by Crippen LogP contribution is 2.45. The van der Waals surface area contributed by atoms with Crippen LogP contribution in [0, 0.1) is 23.2 Å². The van der Waals surface area contributed by atoms with Gasteiger partial charge in [0.15, 0.2) is 0 Å². The smallest absolute Gasteiger partial charge is 0.330 e. The van der Waals surface area contributed by atoms with Gasteiger partial charge in [0.25, 0.3) is 5.91 Å². The quantitative estimate of drug-likeness (QED) is 0.258. The lowest BCUT2D eigenvalue weighted by atomic mass is 9.85. The number of hydrogen-bond donors (Lipinski definition) is 3. The van der Waals surface area contributed by atoms with Crippen molar-refractivity contribution in [3.8, 4) is 0 Å². The Kier molecular flexibility index (Phi) is 8.74. The molecule has 2 aromatic rings. The zero-order valence-electron chi connectivity index (χ0n) is 25.0. The first-order valence-corrected chi connectivity index (χ1v) is 16.0. The molecule has 3 fully saturated rings. The van der Waals surface area contributed by atoms with Crippen molar-refractivity contribution in [1.82, 2.24) is 15.5 Å². The number of nitrogens with zero attached hydrogens (tertiary/aromatic N) is 2. The lowest BCUT2D eigenvalue weighted by molar-refractivity contribution is -0.147. The van der Waals surface area contributed by atoms with Crippen LogP contribution < -0.4 is 10.6 Å². The van der Waals surface area contributed by atoms with Crippen molar-refractivity contribution in [2.24, 2.45) is 28.2 Å². The highest BCUT2D eigenvalue weighted by atomic mass is 35.5. The minimum absolute atomic E-state index is 0.0594. The lowest BCUT2D eigenvalue weighted by Crippen LogP contribution is -2.59. The number of carbonyl (C=O) groups is 5. The average molecular weight is 641 g/mol. The second-order valence-electron chi connectivity index (χ2n) is 13.2. The molecule has 3 N–H and O–H groups in total. The second kappa shape index (κ2) is 12.1. The molecule has 2 aliphatic carbocycles. The highest BCUT2D eigenvalue weighted by molar-refractivity contribution is 7.21. The Balaban J connectivity index is 1.39. The van der Waals surface area contributed by atoms with Crippen LogP contribution >= 0.6 is 22.9 Å². The summed E-state index contributed by atoms with van der Waals surface area (Å²) in [5.41, 5.74) is -2.15. The van der Waals surface area contributed by atoms with Gasteiger partial charge in [0.2, 0.25) is 17.7 Å². The maximum Gasteiger partial charge on any atom is 0.330 e. The van der Waals surface area contributed by atoms with E-state index in [0.717, 1.165) is 22.9 Å². The highest BCUT2D eigenvalue weighted by Gasteiger charge is 2.61. The summed E-state index contributed by atoms with van der Waals surface area (Å²) in [6, 6.07) is 5.43. The van der Waals surface area contributed by atoms with Crippen LogP contribution in [-0.2, 0) is 19.2 Å². The molecule has 0 bridgehead atoms. The Morgan fingerprint density at radius 3 is 2.52 bits per heavy atom. The Hall–Kier alpha value is -3.57. The number of likely N-dealkylation sites (tertiary alicyclic amines) is 1. The van der Waals surface area contributed by atoms with E-state index in [1.165, 1.54) is 28.5 Å². The topological polar surface area (TPSA) is 145 Å². The molecule has 1 aromatic carbocycles. The van der Waals surface area contributed by atoms with E-state index in [1.54, 1.807) is 0 Å². The maximum atomic E-state index is 14.1. The van der Waals surface area contributed by atoms with Gasteiger partial charge in [0, 0.05) is 41.1 Å². The number of rotatable bonds is 10. The van der Waals surface area contributed by atoms with Gasteiger partial charge < -0.3 is 20.6 Å². The fourth-order valence-electron chi connectivity index (χ4n) is 5.79. The second-order valence-corrected chi connectivity index (χ2v) is 14.6. The third-order valence-electron chi connectivity index (χ3n) is 8.67. The van der Waals surface area contributed by atoms with Crippen LogP contribution in [0.4, 0.5) is 0 Å². The summed E-state index contributed by atoms with van der Waals surface area (Å²) in [6.45, 7) is 9.24. The number of carboxylic acids is 1. The van der Waals surface area contributed by atoms with Crippen LogP contribution in [-0.4, -0.2) is 70.0 Å². The molecule has 10 nitrogen and oxygen atoms in total. The van der Waals surface area contributed by atoms with Gasteiger partial charge in [-0.25, -0.2) is 9.79 Å². The van der Waals surface area contributed by atoms with Gasteiger partial charge in [-0.1, -0.05) is 56.6 Å². The summed E-state index contributed by atoms with van der Waals surface area (Å²) in [7, 11) is 0. The van der Waals surface area contributed by atoms with E-state index in [1.807, 2.05) is 45.0 Å². The summed E-state index contributed by atoms with van der Waals surface area (Å²) in [5, 5.41) is 16.5. The Morgan fingerprint density at radius 2 is 1.93 bits per heavy atom. The molecular weight excluding hydrogens is 604 g/mol. The monoisotopic (exact) mass is 640 g/mol. The fraction of sp³-hybridized carbons (Fsp3) is 0.500. The molecular formula is C32H37ClN4O6S. The molecule has 4 unspecified atom stereocenters. The third kappa shape index (κ3) is 6.44. The number of hydrogen-bond acceptors (Lipinski definition) is 6. The lowest BCUT2D eigenvalue weighted by Gasteiger charge is -2.35. The van der Waals surface area contributed by atoms with Crippen molar-refractivity contribution < 1.29 is 29.1 Å². The molecule has 1 aliphatic heterocycles. The number of halogens is 1. The van der Waals surface area contributed by atoms with Gasteiger partial charge in [-0.2, -0.15) is 0 Å². The number of thiophene rings is 1. The number of aliphatic carboxylic acids is 1. The molecule has 234 valence electrons. The predicted octanol–water partition coefficient (Wildman–Crippen LogP) is 4.46. The molecule has 0 radical (unpaired) electrons. The number of nitrogens with one attached hydrogen (secondary N) is 2. The summed E-state index contributed by atoms with van der Waals surface area (Å²) in [4.78, 5) is 71.5. The first kappa shape index (κ1) is 31.8. The van der Waals surface area contributed by atoms with Gasteiger partial charge in [-0.05, 0) is 43.1 Å². The SMILES string of the molecule is C=CC1CC1(NC(=O)[C@@H]1CC(C=NC(=O)c2sc3ccccc3c2Cl)CN1C(=O)C(NC(=O)CC1CC1)C(C)(C)C)C(=O)O. The molecule has 0 spiro atoms. The van der Waals surface area contributed by atoms with Crippen LogP contribution in [0.15, 0.2) is 41.9 Å². The Labute approximate surface area is 264 Å². The molecule has 1 saturated heterocycles. The zero-order chi connectivity index (χ0) is 32.0. The molecule has 4 amide bonds. The van der Waals surface area contributed by atoms with Crippen LogP contribution in [0.3, 0.4) is 0 Å². The van der Waals surface area contributed by atoms with Gasteiger partial charge in [0.05, 0.1) is 5.02 Å². The van der Waals surface area contributed by atoms with E-state index >= 15 is 0 Å². The van der Waals surface area contributed by atoms with E-state index in [-0.39, 0.29) is 25.3 Å². The van der Waals surface area contributed by atoms with Gasteiger partial charge in [-0.3, -0.25) is 19.2 Å². The number of carboxylic acid groups (broad SMARTS) is 1. The van der Waals surface area contributed by atoms with E-state index in [0.29, 0.717) is 22.2 Å². The minimum Gasteiger partial charge on any atom is -0.479 e. The molecule has 3 aliphatic rings. The van der Waals surface area contributed by atoms with Crippen molar-refractivity contribution in [3.05, 3.63) is 46.8 Å². The molecule has 5 atom stereocenters. The van der Waals surface area contributed by atoms with E-state index in [9.17, 15) is 29.1 Å². The third-order valence-corrected chi connectivity index (χ3v) is 10.3. The average Bonchev–Trinajstić information content (AvgIpc) is 3.85. The van der Waals surface area contributed by atoms with Gasteiger partial charge in [0.1, 0.15) is 22.5 Å². The van der Waals surface area contributed by atoms with E-state index in [2.05, 4.69) is 22.2 Å². The maximum absolute atomic E-state index is 14.1. The van der Waals surface area contributed by atoms with Crippen LogP contribution in [0.1, 0.15) is 62.5 Å². The summed E-state index contributed by atoms with van der Waals surface area (Å²) in [6.07, 6.45) is 5.57. The summed E-state index contributed by atoms with van der Waals surface area (Å²) >= 11 is 7.70. The Bertz CT molecular complexity index is 1560. The summed E-state index contributed by atoms with van der Waals surface area (Å²) < 4.78 is 0.854. The molecule has 1 aromatic heterocycles. The van der Waals surface area contributed by atoms with Gasteiger partial charge in [-0.15, -0.1) is 17.9 Å². The van der Waals surface area contributed by atoms with Crippen molar-refractivity contribution in [2.45, 2.75) is 70.5 Å². The van der Waals surface area contributed by atoms with E-state index in [4.69, 9.17) is 11.6 Å².